The Labute approximate surface area is 82.8 Å². The molecule has 0 atom stereocenters. The molecule has 0 fully saturated rings. The molecule has 1 aromatic carbocycles. The topological polar surface area (TPSA) is 0 Å². The van der Waals surface area contributed by atoms with Crippen LogP contribution < -0.4 is 0 Å². The maximum atomic E-state index is 5.92. The van der Waals surface area contributed by atoms with Crippen LogP contribution in [-0.4, -0.2) is 5.88 Å². The molecule has 0 heterocycles. The van der Waals surface area contributed by atoms with Crippen molar-refractivity contribution in [3.63, 3.8) is 0 Å². The summed E-state index contributed by atoms with van der Waals surface area (Å²) in [5, 5.41) is 0.781. The van der Waals surface area contributed by atoms with Gasteiger partial charge in [-0.2, -0.15) is 0 Å². The highest BCUT2D eigenvalue weighted by Crippen LogP contribution is 2.16. The average Bonchev–Trinajstić information content (AvgIpc) is 2.09. The smallest absolute Gasteiger partial charge is 0.0478 e. The van der Waals surface area contributed by atoms with E-state index in [4.69, 9.17) is 23.2 Å². The van der Waals surface area contributed by atoms with Crippen molar-refractivity contribution in [1.29, 1.82) is 0 Å². The first-order chi connectivity index (χ1) is 5.84. The predicted octanol–water partition coefficient (Wildman–Crippen LogP) is 3.98. The Bertz CT molecular complexity index is 266. The van der Waals surface area contributed by atoms with Crippen molar-refractivity contribution in [1.82, 2.24) is 0 Å². The molecule has 0 saturated heterocycles. The van der Waals surface area contributed by atoms with Gasteiger partial charge in [-0.15, -0.1) is 11.6 Å². The molecule has 0 spiro atoms. The first-order valence-electron chi connectivity index (χ1n) is 3.81. The predicted molar refractivity (Wildman–Crippen MR) is 55.8 cm³/mol. The number of halogens is 2. The van der Waals surface area contributed by atoms with E-state index in [2.05, 4.69) is 0 Å². The Morgan fingerprint density at radius 2 is 2.00 bits per heavy atom. The van der Waals surface area contributed by atoms with Gasteiger partial charge in [0.2, 0.25) is 0 Å². The van der Waals surface area contributed by atoms with Crippen molar-refractivity contribution < 1.29 is 0 Å². The van der Waals surface area contributed by atoms with E-state index >= 15 is 0 Å². The van der Waals surface area contributed by atoms with E-state index in [1.54, 1.807) is 0 Å². The second-order valence-electron chi connectivity index (χ2n) is 2.40. The third-order valence-corrected chi connectivity index (χ3v) is 2.04. The van der Waals surface area contributed by atoms with Gasteiger partial charge in [-0.1, -0.05) is 42.0 Å². The molecule has 0 saturated carbocycles. The van der Waals surface area contributed by atoms with Gasteiger partial charge in [0.25, 0.3) is 0 Å². The molecule has 0 amide bonds. The van der Waals surface area contributed by atoms with E-state index in [1.807, 2.05) is 36.4 Å². The van der Waals surface area contributed by atoms with E-state index in [-0.39, 0.29) is 0 Å². The van der Waals surface area contributed by atoms with Gasteiger partial charge in [0, 0.05) is 10.9 Å². The van der Waals surface area contributed by atoms with Crippen LogP contribution in [0.2, 0.25) is 5.02 Å². The second-order valence-corrected chi connectivity index (χ2v) is 3.19. The van der Waals surface area contributed by atoms with E-state index in [9.17, 15) is 0 Å². The van der Waals surface area contributed by atoms with Crippen molar-refractivity contribution >= 4 is 29.3 Å². The fourth-order valence-corrected chi connectivity index (χ4v) is 1.21. The fraction of sp³-hybridized carbons (Fsp3) is 0.200. The largest absolute Gasteiger partial charge is 0.126 e. The maximum Gasteiger partial charge on any atom is 0.0478 e. The molecule has 0 aliphatic carbocycles. The molecule has 0 unspecified atom stereocenters. The zero-order chi connectivity index (χ0) is 8.81. The monoisotopic (exact) mass is 200 g/mol. The highest BCUT2D eigenvalue weighted by Gasteiger charge is 1.91. The van der Waals surface area contributed by atoms with Crippen LogP contribution in [0.4, 0.5) is 0 Å². The maximum absolute atomic E-state index is 5.92. The number of hydrogen-bond acceptors (Lipinski definition) is 0. The number of allylic oxidation sites excluding steroid dienone is 1. The summed E-state index contributed by atoms with van der Waals surface area (Å²) in [6.07, 6.45) is 4.89. The minimum atomic E-state index is 0.654. The SMILES string of the molecule is ClCC/C=C/c1ccccc1Cl. The van der Waals surface area contributed by atoms with Gasteiger partial charge in [-0.05, 0) is 18.1 Å². The van der Waals surface area contributed by atoms with Gasteiger partial charge < -0.3 is 0 Å². The summed E-state index contributed by atoms with van der Waals surface area (Å²) < 4.78 is 0. The van der Waals surface area contributed by atoms with Gasteiger partial charge >= 0.3 is 0 Å². The highest BCUT2D eigenvalue weighted by atomic mass is 35.5. The lowest BCUT2D eigenvalue weighted by atomic mass is 10.2. The van der Waals surface area contributed by atoms with Crippen molar-refractivity contribution in [2.75, 3.05) is 5.88 Å². The molecule has 0 nitrogen and oxygen atoms in total. The van der Waals surface area contributed by atoms with Crippen LogP contribution in [0, 0.1) is 0 Å². The average molecular weight is 201 g/mol. The van der Waals surface area contributed by atoms with Gasteiger partial charge in [0.15, 0.2) is 0 Å². The molecule has 0 aliphatic rings. The summed E-state index contributed by atoms with van der Waals surface area (Å²) >= 11 is 11.4. The third-order valence-electron chi connectivity index (χ3n) is 1.48. The third kappa shape index (κ3) is 2.88. The van der Waals surface area contributed by atoms with E-state index < -0.39 is 0 Å². The molecule has 0 aromatic heterocycles. The van der Waals surface area contributed by atoms with Crippen LogP contribution in [0.25, 0.3) is 6.08 Å². The van der Waals surface area contributed by atoms with E-state index in [0.29, 0.717) is 5.88 Å². The quantitative estimate of drug-likeness (QED) is 0.648. The first-order valence-corrected chi connectivity index (χ1v) is 4.73. The lowest BCUT2D eigenvalue weighted by Crippen LogP contribution is -1.73. The summed E-state index contributed by atoms with van der Waals surface area (Å²) in [6, 6.07) is 7.74. The molecule has 0 radical (unpaired) electrons. The lowest BCUT2D eigenvalue weighted by molar-refractivity contribution is 1.24. The Morgan fingerprint density at radius 1 is 1.25 bits per heavy atom. The lowest BCUT2D eigenvalue weighted by Gasteiger charge is -1.95. The summed E-state index contributed by atoms with van der Waals surface area (Å²) in [6.45, 7) is 0. The van der Waals surface area contributed by atoms with Crippen molar-refractivity contribution in [3.8, 4) is 0 Å². The summed E-state index contributed by atoms with van der Waals surface area (Å²) in [5.41, 5.74) is 1.05. The van der Waals surface area contributed by atoms with Crippen LogP contribution >= 0.6 is 23.2 Å². The molecule has 2 heteroatoms. The van der Waals surface area contributed by atoms with E-state index in [0.717, 1.165) is 17.0 Å². The minimum Gasteiger partial charge on any atom is -0.126 e. The summed E-state index contributed by atoms with van der Waals surface area (Å²) in [5.74, 6) is 0.654. The van der Waals surface area contributed by atoms with Crippen LogP contribution in [0.3, 0.4) is 0 Å². The number of benzene rings is 1. The summed E-state index contributed by atoms with van der Waals surface area (Å²) in [7, 11) is 0. The van der Waals surface area contributed by atoms with Crippen LogP contribution in [-0.2, 0) is 0 Å². The molecule has 64 valence electrons. The summed E-state index contributed by atoms with van der Waals surface area (Å²) in [4.78, 5) is 0. The molecule has 0 bridgehead atoms. The Kier molecular flexibility index (Phi) is 4.20. The first kappa shape index (κ1) is 9.63. The van der Waals surface area contributed by atoms with Crippen LogP contribution in [0.1, 0.15) is 12.0 Å². The number of rotatable bonds is 3. The molecule has 0 N–H and O–H groups in total. The Balaban J connectivity index is 2.68. The zero-order valence-electron chi connectivity index (χ0n) is 6.63. The second kappa shape index (κ2) is 5.23. The molecular formula is C10H10Cl2. The number of hydrogen-bond donors (Lipinski definition) is 0. The van der Waals surface area contributed by atoms with Gasteiger partial charge in [0.1, 0.15) is 0 Å². The Morgan fingerprint density at radius 3 is 2.67 bits per heavy atom. The van der Waals surface area contributed by atoms with Crippen LogP contribution in [0.15, 0.2) is 30.3 Å². The van der Waals surface area contributed by atoms with Crippen LogP contribution in [0.5, 0.6) is 0 Å². The normalized spacial score (nSPS) is 10.8. The van der Waals surface area contributed by atoms with Gasteiger partial charge in [-0.25, -0.2) is 0 Å². The van der Waals surface area contributed by atoms with Gasteiger partial charge in [-0.3, -0.25) is 0 Å². The molecule has 1 aromatic rings. The Hall–Kier alpha value is -0.460. The van der Waals surface area contributed by atoms with Crippen molar-refractivity contribution in [2.45, 2.75) is 6.42 Å². The molecule has 0 aliphatic heterocycles. The minimum absolute atomic E-state index is 0.654. The molecule has 12 heavy (non-hydrogen) atoms. The van der Waals surface area contributed by atoms with Crippen molar-refractivity contribution in [3.05, 3.63) is 40.9 Å². The van der Waals surface area contributed by atoms with Gasteiger partial charge in [0.05, 0.1) is 0 Å². The highest BCUT2D eigenvalue weighted by molar-refractivity contribution is 6.32. The molecular weight excluding hydrogens is 191 g/mol. The zero-order valence-corrected chi connectivity index (χ0v) is 8.15. The van der Waals surface area contributed by atoms with Crippen molar-refractivity contribution in [2.24, 2.45) is 0 Å². The standard InChI is InChI=1S/C10H10Cl2/c11-8-4-3-6-9-5-1-2-7-10(9)12/h1-3,5-7H,4,8H2/b6-3+. The fourth-order valence-electron chi connectivity index (χ4n) is 0.884. The molecule has 1 rings (SSSR count). The van der Waals surface area contributed by atoms with E-state index in [1.165, 1.54) is 0 Å². The number of alkyl halides is 1.